The molecule has 0 spiro atoms. The van der Waals surface area contributed by atoms with Crippen molar-refractivity contribution in [1.82, 2.24) is 14.6 Å². The number of hydrogen-bond acceptors (Lipinski definition) is 9. The Hall–Kier alpha value is -3.38. The molecule has 0 saturated heterocycles. The maximum absolute atomic E-state index is 13.6. The minimum absolute atomic E-state index is 0.00401. The number of amides is 3. The van der Waals surface area contributed by atoms with Gasteiger partial charge >= 0.3 is 0 Å². The molecule has 1 aromatic carbocycles. The van der Waals surface area contributed by atoms with E-state index in [1.54, 1.807) is 0 Å². The van der Waals surface area contributed by atoms with Crippen LogP contribution in [0.15, 0.2) is 18.2 Å². The van der Waals surface area contributed by atoms with Gasteiger partial charge in [0.05, 0.1) is 12.8 Å². The van der Waals surface area contributed by atoms with Crippen LogP contribution in [-0.2, 0) is 4.79 Å². The zero-order valence-electron chi connectivity index (χ0n) is 19.4. The SMILES string of the molecule is COc1cc([C@H](C(=O)NCCC(C)C)N(CCCO)C(=O)c2snc(C(N)=O)c2N)ccc1O. The Balaban J connectivity index is 2.55. The molecule has 1 aromatic heterocycles. The van der Waals surface area contributed by atoms with Crippen molar-refractivity contribution in [2.75, 3.05) is 32.5 Å². The number of nitrogens with zero attached hydrogens (tertiary/aromatic N) is 2. The Kier molecular flexibility index (Phi) is 9.63. The molecule has 0 radical (unpaired) electrons. The van der Waals surface area contributed by atoms with E-state index in [0.717, 1.165) is 6.42 Å². The van der Waals surface area contributed by atoms with Crippen LogP contribution in [0.5, 0.6) is 11.5 Å². The summed E-state index contributed by atoms with van der Waals surface area (Å²) in [5, 5.41) is 22.3. The van der Waals surface area contributed by atoms with Crippen LogP contribution in [0.2, 0.25) is 0 Å². The fraction of sp³-hybridized carbons (Fsp3) is 0.455. The van der Waals surface area contributed by atoms with Gasteiger partial charge in [-0.05, 0) is 48.0 Å². The smallest absolute Gasteiger partial charge is 0.270 e. The highest BCUT2D eigenvalue weighted by molar-refractivity contribution is 7.09. The van der Waals surface area contributed by atoms with Gasteiger partial charge in [-0.25, -0.2) is 0 Å². The number of methoxy groups -OCH3 is 1. The van der Waals surface area contributed by atoms with Crippen molar-refractivity contribution >= 4 is 34.9 Å². The van der Waals surface area contributed by atoms with Crippen molar-refractivity contribution < 1.29 is 29.3 Å². The number of primary amides is 1. The summed E-state index contributed by atoms with van der Waals surface area (Å²) in [5.74, 6) is -1.63. The predicted molar refractivity (Wildman–Crippen MR) is 128 cm³/mol. The molecule has 0 aliphatic heterocycles. The predicted octanol–water partition coefficient (Wildman–Crippen LogP) is 1.27. The second kappa shape index (κ2) is 12.2. The van der Waals surface area contributed by atoms with Gasteiger partial charge in [-0.3, -0.25) is 14.4 Å². The second-order valence-electron chi connectivity index (χ2n) is 8.02. The van der Waals surface area contributed by atoms with Gasteiger partial charge in [0.25, 0.3) is 11.8 Å². The zero-order chi connectivity index (χ0) is 25.4. The Morgan fingerprint density at radius 2 is 2.00 bits per heavy atom. The second-order valence-corrected chi connectivity index (χ2v) is 8.79. The first-order valence-electron chi connectivity index (χ1n) is 10.7. The number of carbonyl (C=O) groups is 3. The quantitative estimate of drug-likeness (QED) is 0.293. The number of phenols is 1. The Labute approximate surface area is 201 Å². The van der Waals surface area contributed by atoms with E-state index in [0.29, 0.717) is 29.6 Å². The van der Waals surface area contributed by atoms with E-state index in [-0.39, 0.29) is 47.3 Å². The summed E-state index contributed by atoms with van der Waals surface area (Å²) in [5.41, 5.74) is 11.2. The number of phenolic OH excluding ortho intramolecular Hbond substituents is 1. The molecule has 186 valence electrons. The molecule has 0 saturated carbocycles. The molecular formula is C22H31N5O6S. The standard InChI is InChI=1S/C22H31N5O6S/c1-12(2)7-8-25-21(31)18(13-5-6-14(29)15(11-13)33-3)27(9-4-10-28)22(32)19-16(23)17(20(24)30)26-34-19/h5-6,11-12,18,28-29H,4,7-10,23H2,1-3H3,(H2,24,30)(H,25,31)/t18-/m1/s1. The summed E-state index contributed by atoms with van der Waals surface area (Å²) in [6.45, 7) is 4.21. The number of aromatic hydroxyl groups is 1. The molecule has 12 heteroatoms. The topological polar surface area (TPSA) is 181 Å². The molecule has 3 amide bonds. The lowest BCUT2D eigenvalue weighted by Gasteiger charge is -2.31. The van der Waals surface area contributed by atoms with Crippen LogP contribution < -0.4 is 21.5 Å². The van der Waals surface area contributed by atoms with Gasteiger partial charge in [0, 0.05) is 19.7 Å². The number of anilines is 1. The zero-order valence-corrected chi connectivity index (χ0v) is 20.2. The van der Waals surface area contributed by atoms with E-state index in [1.165, 1.54) is 30.2 Å². The highest BCUT2D eigenvalue weighted by atomic mass is 32.1. The summed E-state index contributed by atoms with van der Waals surface area (Å²) in [6.07, 6.45) is 0.907. The number of carbonyl (C=O) groups excluding carboxylic acids is 3. The number of nitrogens with two attached hydrogens (primary N) is 2. The van der Waals surface area contributed by atoms with Crippen molar-refractivity contribution in [2.45, 2.75) is 32.7 Å². The first kappa shape index (κ1) is 26.9. The minimum atomic E-state index is -1.14. The van der Waals surface area contributed by atoms with Crippen LogP contribution in [0, 0.1) is 5.92 Å². The summed E-state index contributed by atoms with van der Waals surface area (Å²) in [7, 11) is 1.37. The van der Waals surface area contributed by atoms with E-state index in [1.807, 2.05) is 13.8 Å². The van der Waals surface area contributed by atoms with Crippen molar-refractivity contribution in [3.63, 3.8) is 0 Å². The number of hydrogen-bond donors (Lipinski definition) is 5. The van der Waals surface area contributed by atoms with Gasteiger partial charge < -0.3 is 36.6 Å². The van der Waals surface area contributed by atoms with Crippen molar-refractivity contribution in [3.05, 3.63) is 34.3 Å². The number of rotatable bonds is 12. The number of nitrogen functional groups attached to an aromatic ring is 1. The average molecular weight is 494 g/mol. The van der Waals surface area contributed by atoms with Crippen LogP contribution in [0.3, 0.4) is 0 Å². The molecule has 0 aliphatic carbocycles. The lowest BCUT2D eigenvalue weighted by Crippen LogP contribution is -2.44. The highest BCUT2D eigenvalue weighted by Gasteiger charge is 2.35. The Bertz CT molecular complexity index is 1030. The van der Waals surface area contributed by atoms with Gasteiger partial charge in [0.15, 0.2) is 17.2 Å². The van der Waals surface area contributed by atoms with Gasteiger partial charge in [-0.1, -0.05) is 19.9 Å². The van der Waals surface area contributed by atoms with Gasteiger partial charge in [-0.2, -0.15) is 4.37 Å². The van der Waals surface area contributed by atoms with Gasteiger partial charge in [0.2, 0.25) is 5.91 Å². The van der Waals surface area contributed by atoms with E-state index < -0.39 is 23.8 Å². The monoisotopic (exact) mass is 493 g/mol. The van der Waals surface area contributed by atoms with Gasteiger partial charge in [0.1, 0.15) is 10.9 Å². The summed E-state index contributed by atoms with van der Waals surface area (Å²) >= 11 is 0.705. The molecule has 7 N–H and O–H groups in total. The summed E-state index contributed by atoms with van der Waals surface area (Å²) < 4.78 is 9.05. The molecule has 11 nitrogen and oxygen atoms in total. The molecular weight excluding hydrogens is 462 g/mol. The Morgan fingerprint density at radius 3 is 2.56 bits per heavy atom. The number of ether oxygens (including phenoxy) is 1. The van der Waals surface area contributed by atoms with Crippen LogP contribution in [0.25, 0.3) is 0 Å². The molecule has 0 aliphatic rings. The highest BCUT2D eigenvalue weighted by Crippen LogP contribution is 2.33. The summed E-state index contributed by atoms with van der Waals surface area (Å²) in [6, 6.07) is 3.20. The Morgan fingerprint density at radius 1 is 1.29 bits per heavy atom. The normalized spacial score (nSPS) is 11.8. The fourth-order valence-corrected chi connectivity index (χ4v) is 4.03. The first-order chi connectivity index (χ1) is 16.1. The van der Waals surface area contributed by atoms with Crippen LogP contribution in [-0.4, -0.2) is 64.0 Å². The third kappa shape index (κ3) is 6.35. The molecule has 0 fully saturated rings. The lowest BCUT2D eigenvalue weighted by molar-refractivity contribution is -0.126. The number of aliphatic hydroxyl groups excluding tert-OH is 1. The number of nitrogens with one attached hydrogen (secondary N) is 1. The third-order valence-electron chi connectivity index (χ3n) is 5.07. The van der Waals surface area contributed by atoms with E-state index in [2.05, 4.69) is 9.69 Å². The first-order valence-corrected chi connectivity index (χ1v) is 11.5. The largest absolute Gasteiger partial charge is 0.504 e. The van der Waals surface area contributed by atoms with Crippen LogP contribution in [0.1, 0.15) is 58.5 Å². The third-order valence-corrected chi connectivity index (χ3v) is 5.93. The van der Waals surface area contributed by atoms with E-state index in [9.17, 15) is 24.6 Å². The lowest BCUT2D eigenvalue weighted by atomic mass is 10.0. The molecule has 1 atom stereocenters. The fourth-order valence-electron chi connectivity index (χ4n) is 3.27. The van der Waals surface area contributed by atoms with E-state index >= 15 is 0 Å². The molecule has 34 heavy (non-hydrogen) atoms. The minimum Gasteiger partial charge on any atom is -0.504 e. The molecule has 0 bridgehead atoms. The number of aliphatic hydroxyl groups is 1. The number of benzene rings is 1. The molecule has 0 unspecified atom stereocenters. The van der Waals surface area contributed by atoms with E-state index in [4.69, 9.17) is 16.2 Å². The summed E-state index contributed by atoms with van der Waals surface area (Å²) in [4.78, 5) is 39.7. The number of aromatic nitrogens is 1. The molecule has 2 rings (SSSR count). The maximum atomic E-state index is 13.6. The van der Waals surface area contributed by atoms with Crippen molar-refractivity contribution in [2.24, 2.45) is 11.7 Å². The van der Waals surface area contributed by atoms with Crippen molar-refractivity contribution in [1.29, 1.82) is 0 Å². The van der Waals surface area contributed by atoms with Crippen LogP contribution in [0.4, 0.5) is 5.69 Å². The van der Waals surface area contributed by atoms with Gasteiger partial charge in [-0.15, -0.1) is 0 Å². The average Bonchev–Trinajstić information content (AvgIpc) is 3.18. The maximum Gasteiger partial charge on any atom is 0.270 e. The van der Waals surface area contributed by atoms with Crippen LogP contribution >= 0.6 is 11.5 Å². The van der Waals surface area contributed by atoms with Crippen molar-refractivity contribution in [3.8, 4) is 11.5 Å². The molecule has 1 heterocycles. The molecule has 2 aromatic rings.